The fourth-order valence-electron chi connectivity index (χ4n) is 1.71. The van der Waals surface area contributed by atoms with Crippen LogP contribution in [-0.2, 0) is 11.2 Å². The van der Waals surface area contributed by atoms with Crippen LogP contribution in [0.4, 0.5) is 0 Å². The maximum atomic E-state index is 11.7. The van der Waals surface area contributed by atoms with Crippen LogP contribution in [-0.4, -0.2) is 18.9 Å². The van der Waals surface area contributed by atoms with Crippen molar-refractivity contribution in [3.63, 3.8) is 0 Å². The number of hydrogen-bond acceptors (Lipinski definition) is 3. The molecule has 2 nitrogen and oxygen atoms in total. The normalized spacial score (nSPS) is 21.4. The first kappa shape index (κ1) is 10.1. The summed E-state index contributed by atoms with van der Waals surface area (Å²) in [6, 6.07) is 1.88. The molecule has 0 radical (unpaired) electrons. The van der Waals surface area contributed by atoms with Gasteiger partial charge in [0.1, 0.15) is 5.78 Å². The highest BCUT2D eigenvalue weighted by atomic mass is 35.5. The zero-order valence-electron chi connectivity index (χ0n) is 7.75. The Kier molecular flexibility index (Phi) is 3.21. The molecule has 0 aromatic carbocycles. The molecule has 1 aliphatic rings. The number of halogens is 1. The molecule has 1 aliphatic heterocycles. The van der Waals surface area contributed by atoms with Crippen molar-refractivity contribution in [1.82, 2.24) is 5.32 Å². The number of hydrogen-bond donors (Lipinski definition) is 1. The fourth-order valence-corrected chi connectivity index (χ4v) is 2.62. The molecule has 0 saturated carbocycles. The summed E-state index contributed by atoms with van der Waals surface area (Å²) >= 11 is 7.28. The number of ketones is 1. The summed E-state index contributed by atoms with van der Waals surface area (Å²) in [7, 11) is 0. The van der Waals surface area contributed by atoms with Gasteiger partial charge in [0.2, 0.25) is 0 Å². The molecule has 0 spiro atoms. The molecule has 2 rings (SSSR count). The molecule has 1 fully saturated rings. The van der Waals surface area contributed by atoms with E-state index in [1.807, 2.05) is 11.4 Å². The average molecular weight is 230 g/mol. The van der Waals surface area contributed by atoms with E-state index in [9.17, 15) is 4.79 Å². The zero-order valence-corrected chi connectivity index (χ0v) is 9.33. The molecule has 0 bridgehead atoms. The van der Waals surface area contributed by atoms with Gasteiger partial charge in [-0.05, 0) is 30.0 Å². The van der Waals surface area contributed by atoms with Gasteiger partial charge in [-0.1, -0.05) is 11.6 Å². The SMILES string of the molecule is O=C(Cc1csc(Cl)c1)C1CCNC1. The highest BCUT2D eigenvalue weighted by molar-refractivity contribution is 7.14. The molecule has 0 aliphatic carbocycles. The standard InChI is InChI=1S/C10H12ClNOS/c11-10-4-7(6-14-10)3-9(13)8-1-2-12-5-8/h4,6,8,12H,1-3,5H2. The number of thiophene rings is 1. The summed E-state index contributed by atoms with van der Waals surface area (Å²) in [5, 5.41) is 5.16. The molecule has 1 atom stereocenters. The van der Waals surface area contributed by atoms with Crippen LogP contribution in [0.3, 0.4) is 0 Å². The van der Waals surface area contributed by atoms with Gasteiger partial charge in [0.15, 0.2) is 0 Å². The molecular weight excluding hydrogens is 218 g/mol. The summed E-state index contributed by atoms with van der Waals surface area (Å²) in [5.41, 5.74) is 1.05. The van der Waals surface area contributed by atoms with Crippen LogP contribution in [0.15, 0.2) is 11.4 Å². The molecule has 4 heteroatoms. The van der Waals surface area contributed by atoms with Crippen LogP contribution >= 0.6 is 22.9 Å². The third-order valence-corrected chi connectivity index (χ3v) is 3.66. The monoisotopic (exact) mass is 229 g/mol. The molecule has 0 amide bonds. The van der Waals surface area contributed by atoms with E-state index in [-0.39, 0.29) is 5.92 Å². The van der Waals surface area contributed by atoms with Gasteiger partial charge in [-0.3, -0.25) is 4.79 Å². The van der Waals surface area contributed by atoms with Crippen molar-refractivity contribution in [3.05, 3.63) is 21.3 Å². The second kappa shape index (κ2) is 4.43. The lowest BCUT2D eigenvalue weighted by atomic mass is 9.99. The lowest BCUT2D eigenvalue weighted by molar-refractivity contribution is -0.121. The molecule has 1 aromatic heterocycles. The van der Waals surface area contributed by atoms with Gasteiger partial charge in [0, 0.05) is 18.9 Å². The Hall–Kier alpha value is -0.380. The quantitative estimate of drug-likeness (QED) is 0.861. The van der Waals surface area contributed by atoms with Crippen LogP contribution in [0.5, 0.6) is 0 Å². The summed E-state index contributed by atoms with van der Waals surface area (Å²) in [6.07, 6.45) is 1.52. The van der Waals surface area contributed by atoms with Crippen molar-refractivity contribution in [3.8, 4) is 0 Å². The Morgan fingerprint density at radius 2 is 2.57 bits per heavy atom. The Balaban J connectivity index is 1.93. The minimum absolute atomic E-state index is 0.216. The van der Waals surface area contributed by atoms with E-state index >= 15 is 0 Å². The molecule has 1 saturated heterocycles. The van der Waals surface area contributed by atoms with E-state index in [1.165, 1.54) is 11.3 Å². The van der Waals surface area contributed by atoms with Crippen molar-refractivity contribution >= 4 is 28.7 Å². The lowest BCUT2D eigenvalue weighted by Gasteiger charge is -2.05. The largest absolute Gasteiger partial charge is 0.316 e. The smallest absolute Gasteiger partial charge is 0.141 e. The molecule has 76 valence electrons. The fraction of sp³-hybridized carbons (Fsp3) is 0.500. The van der Waals surface area contributed by atoms with Gasteiger partial charge in [-0.15, -0.1) is 11.3 Å². The van der Waals surface area contributed by atoms with Gasteiger partial charge < -0.3 is 5.32 Å². The van der Waals surface area contributed by atoms with Crippen LogP contribution < -0.4 is 5.32 Å². The van der Waals surface area contributed by atoms with E-state index in [1.54, 1.807) is 0 Å². The van der Waals surface area contributed by atoms with Gasteiger partial charge in [-0.2, -0.15) is 0 Å². The highest BCUT2D eigenvalue weighted by Gasteiger charge is 2.22. The second-order valence-electron chi connectivity index (χ2n) is 3.59. The predicted molar refractivity (Wildman–Crippen MR) is 59.0 cm³/mol. The molecule has 1 aromatic rings. The van der Waals surface area contributed by atoms with Crippen LogP contribution in [0.25, 0.3) is 0 Å². The minimum Gasteiger partial charge on any atom is -0.316 e. The third-order valence-electron chi connectivity index (χ3n) is 2.52. The third kappa shape index (κ3) is 2.35. The second-order valence-corrected chi connectivity index (χ2v) is 5.13. The van der Waals surface area contributed by atoms with Crippen LogP contribution in [0, 0.1) is 5.92 Å². The number of carbonyl (C=O) groups is 1. The van der Waals surface area contributed by atoms with Gasteiger partial charge in [-0.25, -0.2) is 0 Å². The lowest BCUT2D eigenvalue weighted by Crippen LogP contribution is -2.19. The summed E-state index contributed by atoms with van der Waals surface area (Å²) < 4.78 is 0.761. The van der Waals surface area contributed by atoms with Crippen molar-refractivity contribution in [2.75, 3.05) is 13.1 Å². The maximum absolute atomic E-state index is 11.7. The minimum atomic E-state index is 0.216. The van der Waals surface area contributed by atoms with Crippen molar-refractivity contribution in [1.29, 1.82) is 0 Å². The Morgan fingerprint density at radius 3 is 3.14 bits per heavy atom. The Labute approximate surface area is 92.3 Å². The molecule has 1 unspecified atom stereocenters. The number of Topliss-reactive ketones (excluding diaryl/α,β-unsaturated/α-hetero) is 1. The summed E-state index contributed by atoms with van der Waals surface area (Å²) in [6.45, 7) is 1.82. The van der Waals surface area contributed by atoms with E-state index < -0.39 is 0 Å². The molecular formula is C10H12ClNOS. The van der Waals surface area contributed by atoms with Crippen LogP contribution in [0.2, 0.25) is 4.34 Å². The van der Waals surface area contributed by atoms with Crippen molar-refractivity contribution in [2.24, 2.45) is 5.92 Å². The molecule has 2 heterocycles. The highest BCUT2D eigenvalue weighted by Crippen LogP contribution is 2.21. The first-order chi connectivity index (χ1) is 6.75. The van der Waals surface area contributed by atoms with Crippen molar-refractivity contribution in [2.45, 2.75) is 12.8 Å². The van der Waals surface area contributed by atoms with E-state index in [4.69, 9.17) is 11.6 Å². The van der Waals surface area contributed by atoms with Crippen molar-refractivity contribution < 1.29 is 4.79 Å². The summed E-state index contributed by atoms with van der Waals surface area (Å²) in [5.74, 6) is 0.554. The predicted octanol–water partition coefficient (Wildman–Crippen LogP) is 2.12. The topological polar surface area (TPSA) is 29.1 Å². The van der Waals surface area contributed by atoms with Gasteiger partial charge >= 0.3 is 0 Å². The summed E-state index contributed by atoms with van der Waals surface area (Å²) in [4.78, 5) is 11.7. The molecule has 14 heavy (non-hydrogen) atoms. The van der Waals surface area contributed by atoms with E-state index in [0.29, 0.717) is 12.2 Å². The van der Waals surface area contributed by atoms with Gasteiger partial charge in [0.25, 0.3) is 0 Å². The maximum Gasteiger partial charge on any atom is 0.141 e. The van der Waals surface area contributed by atoms with E-state index in [2.05, 4.69) is 5.32 Å². The Bertz CT molecular complexity index is 331. The Morgan fingerprint density at radius 1 is 1.71 bits per heavy atom. The number of carbonyl (C=O) groups excluding carboxylic acids is 1. The first-order valence-corrected chi connectivity index (χ1v) is 5.98. The first-order valence-electron chi connectivity index (χ1n) is 4.72. The number of rotatable bonds is 3. The molecule has 1 N–H and O–H groups in total. The average Bonchev–Trinajstić information content (AvgIpc) is 2.75. The van der Waals surface area contributed by atoms with Crippen LogP contribution in [0.1, 0.15) is 12.0 Å². The van der Waals surface area contributed by atoms with Gasteiger partial charge in [0.05, 0.1) is 4.34 Å². The van der Waals surface area contributed by atoms with E-state index in [0.717, 1.165) is 29.4 Å². The number of nitrogens with one attached hydrogen (secondary N) is 1. The zero-order chi connectivity index (χ0) is 9.97.